The van der Waals surface area contributed by atoms with Gasteiger partial charge < -0.3 is 14.7 Å². The zero-order chi connectivity index (χ0) is 16.6. The fourth-order valence-electron chi connectivity index (χ4n) is 2.86. The van der Waals surface area contributed by atoms with Gasteiger partial charge >= 0.3 is 0 Å². The van der Waals surface area contributed by atoms with E-state index < -0.39 is 11.5 Å². The van der Waals surface area contributed by atoms with Crippen molar-refractivity contribution in [3.05, 3.63) is 57.4 Å². The van der Waals surface area contributed by atoms with Gasteiger partial charge in [-0.15, -0.1) is 0 Å². The molecule has 1 aliphatic rings. The Kier molecular flexibility index (Phi) is 3.90. The zero-order valence-electron chi connectivity index (χ0n) is 13.0. The molecule has 2 N–H and O–H groups in total. The molecule has 2 aromatic heterocycles. The summed E-state index contributed by atoms with van der Waals surface area (Å²) in [6.45, 7) is 3.62. The summed E-state index contributed by atoms with van der Waals surface area (Å²) in [5.41, 5.74) is 0.479. The molecule has 2 aromatic rings. The van der Waals surface area contributed by atoms with Crippen LogP contribution in [0.1, 0.15) is 58.4 Å². The van der Waals surface area contributed by atoms with Gasteiger partial charge in [0.2, 0.25) is 0 Å². The van der Waals surface area contributed by atoms with Gasteiger partial charge in [-0.2, -0.15) is 0 Å². The molecule has 6 nitrogen and oxygen atoms in total. The van der Waals surface area contributed by atoms with Crippen LogP contribution in [-0.4, -0.2) is 22.7 Å². The van der Waals surface area contributed by atoms with E-state index in [1.165, 1.54) is 6.07 Å². The number of rotatable bonds is 3. The molecule has 0 fully saturated rings. The lowest BCUT2D eigenvalue weighted by molar-refractivity contribution is 0.0941. The Labute approximate surface area is 132 Å². The van der Waals surface area contributed by atoms with Crippen molar-refractivity contribution in [2.24, 2.45) is 0 Å². The molecule has 0 spiro atoms. The Hall–Kier alpha value is -2.63. The first kappa shape index (κ1) is 15.3. The Balaban J connectivity index is 1.96. The molecule has 23 heavy (non-hydrogen) atoms. The quantitative estimate of drug-likeness (QED) is 0.906. The number of hydrogen-bond donors (Lipinski definition) is 2. The molecular weight excluding hydrogens is 296 g/mol. The van der Waals surface area contributed by atoms with Crippen molar-refractivity contribution in [1.29, 1.82) is 0 Å². The number of amides is 1. The predicted molar refractivity (Wildman–Crippen MR) is 83.8 cm³/mol. The van der Waals surface area contributed by atoms with E-state index in [2.05, 4.69) is 10.3 Å². The standard InChI is InChI=1S/C17H18N2O4/c1-9(2)18-16(21)12-8-11-13(19-17(12)22)6-10(7-14(11)20)15-4-3-5-23-15/h3-5,8-10H,6-7H2,1-2H3,(H,18,21)(H,19,22). The van der Waals surface area contributed by atoms with E-state index in [1.54, 1.807) is 12.3 Å². The van der Waals surface area contributed by atoms with Crippen LogP contribution in [0.15, 0.2) is 33.7 Å². The van der Waals surface area contributed by atoms with Gasteiger partial charge in [-0.1, -0.05) is 0 Å². The number of nitrogens with one attached hydrogen (secondary N) is 2. The highest BCUT2D eigenvalue weighted by atomic mass is 16.3. The number of ketones is 1. The van der Waals surface area contributed by atoms with Crippen molar-refractivity contribution < 1.29 is 14.0 Å². The summed E-state index contributed by atoms with van der Waals surface area (Å²) in [5.74, 6) is 0.0787. The maximum absolute atomic E-state index is 12.4. The van der Waals surface area contributed by atoms with Crippen molar-refractivity contribution in [1.82, 2.24) is 10.3 Å². The smallest absolute Gasteiger partial charge is 0.261 e. The van der Waals surface area contributed by atoms with E-state index in [4.69, 9.17) is 4.42 Å². The number of carbonyl (C=O) groups is 2. The van der Waals surface area contributed by atoms with Gasteiger partial charge in [0.1, 0.15) is 11.3 Å². The van der Waals surface area contributed by atoms with Crippen LogP contribution in [0.2, 0.25) is 0 Å². The first-order valence-electron chi connectivity index (χ1n) is 7.59. The highest BCUT2D eigenvalue weighted by Crippen LogP contribution is 2.31. The summed E-state index contributed by atoms with van der Waals surface area (Å²) in [6.07, 6.45) is 2.38. The maximum atomic E-state index is 12.4. The number of carbonyl (C=O) groups excluding carboxylic acids is 2. The predicted octanol–water partition coefficient (Wildman–Crippen LogP) is 2.02. The van der Waals surface area contributed by atoms with Crippen LogP contribution in [0, 0.1) is 0 Å². The van der Waals surface area contributed by atoms with Crippen molar-refractivity contribution in [2.45, 2.75) is 38.6 Å². The molecule has 0 radical (unpaired) electrons. The van der Waals surface area contributed by atoms with E-state index in [1.807, 2.05) is 19.9 Å². The van der Waals surface area contributed by atoms with Crippen LogP contribution in [0.5, 0.6) is 0 Å². The Morgan fingerprint density at radius 1 is 1.35 bits per heavy atom. The normalized spacial score (nSPS) is 17.2. The van der Waals surface area contributed by atoms with Crippen LogP contribution in [0.3, 0.4) is 0 Å². The van der Waals surface area contributed by atoms with E-state index in [0.29, 0.717) is 24.1 Å². The second-order valence-electron chi connectivity index (χ2n) is 6.08. The molecule has 3 rings (SSSR count). The summed E-state index contributed by atoms with van der Waals surface area (Å²) in [7, 11) is 0. The molecule has 0 saturated carbocycles. The summed E-state index contributed by atoms with van der Waals surface area (Å²) in [5, 5.41) is 2.67. The average Bonchev–Trinajstić information content (AvgIpc) is 2.99. The Morgan fingerprint density at radius 2 is 2.13 bits per heavy atom. The minimum atomic E-state index is -0.477. The van der Waals surface area contributed by atoms with E-state index >= 15 is 0 Å². The molecule has 120 valence electrons. The van der Waals surface area contributed by atoms with Crippen molar-refractivity contribution in [3.8, 4) is 0 Å². The van der Waals surface area contributed by atoms with E-state index in [0.717, 1.165) is 5.76 Å². The maximum Gasteiger partial charge on any atom is 0.261 e. The third-order valence-corrected chi connectivity index (χ3v) is 3.92. The lowest BCUT2D eigenvalue weighted by Gasteiger charge is -2.22. The minimum absolute atomic E-state index is 0.0257. The molecule has 1 amide bonds. The number of H-pyrrole nitrogens is 1. The first-order chi connectivity index (χ1) is 11.0. The molecule has 6 heteroatoms. The summed E-state index contributed by atoms with van der Waals surface area (Å²) in [4.78, 5) is 39.3. The lowest BCUT2D eigenvalue weighted by atomic mass is 9.84. The van der Waals surface area contributed by atoms with Crippen LogP contribution in [0.25, 0.3) is 0 Å². The number of aromatic nitrogens is 1. The number of fused-ring (bicyclic) bond motifs is 1. The average molecular weight is 314 g/mol. The van der Waals surface area contributed by atoms with Gasteiger partial charge in [0.15, 0.2) is 5.78 Å². The first-order valence-corrected chi connectivity index (χ1v) is 7.59. The Bertz CT molecular complexity index is 802. The van der Waals surface area contributed by atoms with Crippen LogP contribution < -0.4 is 10.9 Å². The zero-order valence-corrected chi connectivity index (χ0v) is 13.0. The van der Waals surface area contributed by atoms with Crippen molar-refractivity contribution in [2.75, 3.05) is 0 Å². The molecule has 0 saturated heterocycles. The molecule has 1 aliphatic carbocycles. The van der Waals surface area contributed by atoms with Crippen molar-refractivity contribution in [3.63, 3.8) is 0 Å². The fraction of sp³-hybridized carbons (Fsp3) is 0.353. The van der Waals surface area contributed by atoms with Gasteiger partial charge in [-0.05, 0) is 38.5 Å². The summed E-state index contributed by atoms with van der Waals surface area (Å²) in [6, 6.07) is 4.92. The number of pyridine rings is 1. The minimum Gasteiger partial charge on any atom is -0.469 e. The number of aromatic amines is 1. The molecule has 1 atom stereocenters. The highest BCUT2D eigenvalue weighted by Gasteiger charge is 2.30. The van der Waals surface area contributed by atoms with Crippen molar-refractivity contribution >= 4 is 11.7 Å². The summed E-state index contributed by atoms with van der Waals surface area (Å²) >= 11 is 0. The number of hydrogen-bond acceptors (Lipinski definition) is 4. The summed E-state index contributed by atoms with van der Waals surface area (Å²) < 4.78 is 5.36. The SMILES string of the molecule is CC(C)NC(=O)c1cc2c([nH]c1=O)CC(c1ccco1)CC2=O. The third kappa shape index (κ3) is 2.97. The monoisotopic (exact) mass is 314 g/mol. The fourth-order valence-corrected chi connectivity index (χ4v) is 2.86. The van der Waals surface area contributed by atoms with Gasteiger partial charge in [0, 0.05) is 29.6 Å². The van der Waals surface area contributed by atoms with Gasteiger partial charge in [0.25, 0.3) is 11.5 Å². The largest absolute Gasteiger partial charge is 0.469 e. The number of furan rings is 1. The molecule has 0 aromatic carbocycles. The van der Waals surface area contributed by atoms with Gasteiger partial charge in [-0.3, -0.25) is 14.4 Å². The van der Waals surface area contributed by atoms with Crippen LogP contribution in [-0.2, 0) is 6.42 Å². The molecular formula is C17H18N2O4. The van der Waals surface area contributed by atoms with Crippen LogP contribution in [0.4, 0.5) is 0 Å². The molecule has 0 aliphatic heterocycles. The van der Waals surface area contributed by atoms with Crippen LogP contribution >= 0.6 is 0 Å². The topological polar surface area (TPSA) is 92.2 Å². The number of Topliss-reactive ketones (excluding diaryl/α,β-unsaturated/α-hetero) is 1. The molecule has 1 unspecified atom stereocenters. The second kappa shape index (κ2) is 5.87. The van der Waals surface area contributed by atoms with Gasteiger partial charge in [0.05, 0.1) is 6.26 Å². The van der Waals surface area contributed by atoms with Gasteiger partial charge in [-0.25, -0.2) is 0 Å². The van der Waals surface area contributed by atoms with E-state index in [-0.39, 0.29) is 23.3 Å². The Morgan fingerprint density at radius 3 is 2.78 bits per heavy atom. The second-order valence-corrected chi connectivity index (χ2v) is 6.08. The lowest BCUT2D eigenvalue weighted by Crippen LogP contribution is -2.35. The third-order valence-electron chi connectivity index (χ3n) is 3.92. The van der Waals surface area contributed by atoms with E-state index in [9.17, 15) is 14.4 Å². The molecule has 0 bridgehead atoms. The molecule has 2 heterocycles. The highest BCUT2D eigenvalue weighted by molar-refractivity contribution is 6.02.